The summed E-state index contributed by atoms with van der Waals surface area (Å²) in [6.45, 7) is 3.47. The number of hydrogen-bond acceptors (Lipinski definition) is 3. The molecule has 0 aliphatic rings. The van der Waals surface area contributed by atoms with Gasteiger partial charge in [0.25, 0.3) is 0 Å². The van der Waals surface area contributed by atoms with Crippen molar-refractivity contribution in [3.05, 3.63) is 127 Å². The number of nitrogens with zero attached hydrogens (tertiary/aromatic N) is 1. The zero-order valence-corrected chi connectivity index (χ0v) is 20.0. The standard InChI is InChI=1S/C29H31NO2P/c1-23(31)30(24(2)32)29(25-15-7-3-8-16-25)33(26-17-9-4-10-18-26,27-19-11-5-12-20-27)28-21-13-6-14-22-28/h3-24,29,31-32H,1-2H3/q+1. The highest BCUT2D eigenvalue weighted by Gasteiger charge is 2.57. The maximum Gasteiger partial charge on any atom is 0.166 e. The molecule has 2 N–H and O–H groups in total. The van der Waals surface area contributed by atoms with Crippen molar-refractivity contribution < 1.29 is 10.2 Å². The molecule has 3 nitrogen and oxygen atoms in total. The van der Waals surface area contributed by atoms with Crippen molar-refractivity contribution in [2.24, 2.45) is 0 Å². The van der Waals surface area contributed by atoms with Crippen LogP contribution in [-0.2, 0) is 0 Å². The first-order valence-corrected chi connectivity index (χ1v) is 13.2. The Hall–Kier alpha value is -2.81. The van der Waals surface area contributed by atoms with Crippen LogP contribution in [0, 0.1) is 0 Å². The molecule has 0 heterocycles. The Labute approximate surface area is 197 Å². The molecule has 0 fully saturated rings. The summed E-state index contributed by atoms with van der Waals surface area (Å²) in [7, 11) is -2.44. The molecule has 0 amide bonds. The molecule has 0 saturated heterocycles. The first-order valence-electron chi connectivity index (χ1n) is 11.3. The Morgan fingerprint density at radius 3 is 1.12 bits per heavy atom. The van der Waals surface area contributed by atoms with Crippen LogP contribution in [0.1, 0.15) is 25.2 Å². The third kappa shape index (κ3) is 4.51. The molecular formula is C29H31NO2P+. The van der Waals surface area contributed by atoms with E-state index in [1.807, 2.05) is 41.3 Å². The van der Waals surface area contributed by atoms with E-state index in [-0.39, 0.29) is 5.78 Å². The maximum atomic E-state index is 11.0. The fraction of sp³-hybridized carbons (Fsp3) is 0.172. The van der Waals surface area contributed by atoms with Gasteiger partial charge in [-0.05, 0) is 50.2 Å². The predicted molar refractivity (Wildman–Crippen MR) is 140 cm³/mol. The highest BCUT2D eigenvalue weighted by atomic mass is 31.2. The number of rotatable bonds is 8. The van der Waals surface area contributed by atoms with E-state index in [1.54, 1.807) is 13.8 Å². The molecule has 0 aromatic heterocycles. The number of aliphatic hydroxyl groups excluding tert-OH is 2. The Kier molecular flexibility index (Phi) is 7.37. The molecule has 33 heavy (non-hydrogen) atoms. The first kappa shape index (κ1) is 23.4. The van der Waals surface area contributed by atoms with Crippen LogP contribution >= 0.6 is 7.26 Å². The van der Waals surface area contributed by atoms with Crippen LogP contribution in [0.5, 0.6) is 0 Å². The largest absolute Gasteiger partial charge is 0.378 e. The van der Waals surface area contributed by atoms with E-state index in [0.29, 0.717) is 0 Å². The molecule has 3 atom stereocenters. The molecule has 3 unspecified atom stereocenters. The predicted octanol–water partition coefficient (Wildman–Crippen LogP) is 4.66. The van der Waals surface area contributed by atoms with Gasteiger partial charge in [0.2, 0.25) is 0 Å². The molecule has 168 valence electrons. The molecule has 0 saturated carbocycles. The van der Waals surface area contributed by atoms with Crippen molar-refractivity contribution in [3.8, 4) is 0 Å². The van der Waals surface area contributed by atoms with Crippen LogP contribution in [0.4, 0.5) is 0 Å². The molecule has 4 aromatic rings. The van der Waals surface area contributed by atoms with Gasteiger partial charge in [-0.3, -0.25) is 0 Å². The molecule has 0 aliphatic carbocycles. The average molecular weight is 457 g/mol. The Bertz CT molecular complexity index is 1010. The second kappa shape index (κ2) is 10.4. The van der Waals surface area contributed by atoms with E-state index >= 15 is 0 Å². The van der Waals surface area contributed by atoms with Crippen LogP contribution < -0.4 is 15.9 Å². The summed E-state index contributed by atoms with van der Waals surface area (Å²) in [6.07, 6.45) is -1.71. The monoisotopic (exact) mass is 456 g/mol. The smallest absolute Gasteiger partial charge is 0.166 e. The van der Waals surface area contributed by atoms with Gasteiger partial charge < -0.3 is 10.2 Å². The topological polar surface area (TPSA) is 43.7 Å². The molecule has 0 spiro atoms. The summed E-state index contributed by atoms with van der Waals surface area (Å²) >= 11 is 0. The third-order valence-corrected chi connectivity index (χ3v) is 10.7. The van der Waals surface area contributed by atoms with E-state index in [9.17, 15) is 10.2 Å². The summed E-state index contributed by atoms with van der Waals surface area (Å²) in [5.41, 5.74) is 1.06. The van der Waals surface area contributed by atoms with Gasteiger partial charge in [-0.25, -0.2) is 4.90 Å². The highest BCUT2D eigenvalue weighted by Crippen LogP contribution is 2.68. The van der Waals surface area contributed by atoms with E-state index in [0.717, 1.165) is 5.56 Å². The van der Waals surface area contributed by atoms with Gasteiger partial charge >= 0.3 is 0 Å². The Morgan fingerprint density at radius 2 is 0.818 bits per heavy atom. The van der Waals surface area contributed by atoms with Gasteiger partial charge in [0.1, 0.15) is 35.6 Å². The molecule has 0 bridgehead atoms. The minimum Gasteiger partial charge on any atom is -0.378 e. The normalized spacial score (nSPS) is 14.6. The lowest BCUT2D eigenvalue weighted by atomic mass is 10.2. The zero-order valence-electron chi connectivity index (χ0n) is 19.1. The van der Waals surface area contributed by atoms with Gasteiger partial charge in [-0.15, -0.1) is 0 Å². The van der Waals surface area contributed by atoms with Crippen molar-refractivity contribution >= 4 is 23.2 Å². The fourth-order valence-electron chi connectivity index (χ4n) is 4.80. The Morgan fingerprint density at radius 1 is 0.515 bits per heavy atom. The fourth-order valence-corrected chi connectivity index (χ4v) is 9.88. The molecule has 0 aliphatic heterocycles. The SMILES string of the molecule is CC(O)N(C(C)O)C(c1ccccc1)[P+](c1ccccc1)(c1ccccc1)c1ccccc1. The van der Waals surface area contributed by atoms with Crippen molar-refractivity contribution in [1.29, 1.82) is 0 Å². The maximum absolute atomic E-state index is 11.0. The van der Waals surface area contributed by atoms with Crippen molar-refractivity contribution in [2.75, 3.05) is 0 Å². The van der Waals surface area contributed by atoms with Gasteiger partial charge in [-0.2, -0.15) is 0 Å². The summed E-state index contributed by atoms with van der Waals surface area (Å²) in [6, 6.07) is 41.9. The van der Waals surface area contributed by atoms with E-state index < -0.39 is 19.7 Å². The molecular weight excluding hydrogens is 425 g/mol. The molecule has 4 rings (SSSR count). The van der Waals surface area contributed by atoms with Crippen LogP contribution in [0.3, 0.4) is 0 Å². The van der Waals surface area contributed by atoms with Gasteiger partial charge in [0.15, 0.2) is 5.78 Å². The van der Waals surface area contributed by atoms with Crippen LogP contribution in [0.2, 0.25) is 0 Å². The second-order valence-electron chi connectivity index (χ2n) is 8.22. The van der Waals surface area contributed by atoms with E-state index in [2.05, 4.69) is 84.9 Å². The van der Waals surface area contributed by atoms with E-state index in [1.165, 1.54) is 15.9 Å². The van der Waals surface area contributed by atoms with Crippen LogP contribution in [0.25, 0.3) is 0 Å². The molecule has 4 aromatic carbocycles. The van der Waals surface area contributed by atoms with Crippen LogP contribution in [0.15, 0.2) is 121 Å². The number of aliphatic hydroxyl groups is 2. The van der Waals surface area contributed by atoms with Gasteiger partial charge in [-0.1, -0.05) is 84.9 Å². The Balaban J connectivity index is 2.18. The molecule has 4 heteroatoms. The number of hydrogen-bond donors (Lipinski definition) is 2. The average Bonchev–Trinajstić information content (AvgIpc) is 2.86. The van der Waals surface area contributed by atoms with Gasteiger partial charge in [0, 0.05) is 5.56 Å². The van der Waals surface area contributed by atoms with Crippen molar-refractivity contribution in [3.63, 3.8) is 0 Å². The first-order chi connectivity index (χ1) is 16.1. The van der Waals surface area contributed by atoms with E-state index in [4.69, 9.17) is 0 Å². The lowest BCUT2D eigenvalue weighted by Gasteiger charge is -2.43. The summed E-state index contributed by atoms with van der Waals surface area (Å²) < 4.78 is 0. The lowest BCUT2D eigenvalue weighted by molar-refractivity contribution is -0.0932. The van der Waals surface area contributed by atoms with Crippen molar-refractivity contribution in [1.82, 2.24) is 4.90 Å². The summed E-state index contributed by atoms with van der Waals surface area (Å²) in [4.78, 5) is 1.84. The minimum atomic E-state index is -2.44. The number of benzene rings is 4. The zero-order chi connectivity index (χ0) is 23.3. The summed E-state index contributed by atoms with van der Waals surface area (Å²) in [5, 5.41) is 25.6. The lowest BCUT2D eigenvalue weighted by Crippen LogP contribution is -2.49. The second-order valence-corrected chi connectivity index (χ2v) is 11.7. The van der Waals surface area contributed by atoms with Crippen LogP contribution in [-0.4, -0.2) is 27.6 Å². The van der Waals surface area contributed by atoms with Crippen molar-refractivity contribution in [2.45, 2.75) is 32.1 Å². The third-order valence-electron chi connectivity index (χ3n) is 6.10. The van der Waals surface area contributed by atoms with Gasteiger partial charge in [0.05, 0.1) is 0 Å². The highest BCUT2D eigenvalue weighted by molar-refractivity contribution is 7.95. The molecule has 0 radical (unpaired) electrons. The summed E-state index contributed by atoms with van der Waals surface area (Å²) in [5.74, 6) is -0.286. The minimum absolute atomic E-state index is 0.286. The quantitative estimate of drug-likeness (QED) is 0.300.